The molecule has 2 heterocycles. The van der Waals surface area contributed by atoms with Gasteiger partial charge in [-0.25, -0.2) is 9.59 Å². The molecule has 0 radical (unpaired) electrons. The summed E-state index contributed by atoms with van der Waals surface area (Å²) >= 11 is 0. The van der Waals surface area contributed by atoms with E-state index in [2.05, 4.69) is 34.5 Å². The van der Waals surface area contributed by atoms with Crippen molar-refractivity contribution < 1.29 is 14.3 Å². The standard InChI is InChI=1S/C20H30N4O3/c1-27-20(26)24-12-5-11-23(14-15-24)19(25)21-9-4-10-22-13-8-17-6-2-3-7-18(17)16-22/h2-3,6-7H,4-5,8-16H2,1H3,(H,21,25). The Morgan fingerprint density at radius 1 is 1.04 bits per heavy atom. The van der Waals surface area contributed by atoms with Gasteiger partial charge < -0.3 is 19.9 Å². The van der Waals surface area contributed by atoms with Crippen molar-refractivity contribution in [2.45, 2.75) is 25.8 Å². The number of rotatable bonds is 4. The van der Waals surface area contributed by atoms with Crippen molar-refractivity contribution in [2.24, 2.45) is 0 Å². The molecule has 1 aromatic carbocycles. The SMILES string of the molecule is COC(=O)N1CCCN(C(=O)NCCCN2CCc3ccccc3C2)CC1. The van der Waals surface area contributed by atoms with Gasteiger partial charge in [0.05, 0.1) is 7.11 Å². The normalized spacial score (nSPS) is 17.8. The van der Waals surface area contributed by atoms with Crippen LogP contribution in [0.4, 0.5) is 9.59 Å². The largest absolute Gasteiger partial charge is 0.453 e. The van der Waals surface area contributed by atoms with E-state index in [0.717, 1.165) is 38.9 Å². The third kappa shape index (κ3) is 5.35. The maximum Gasteiger partial charge on any atom is 0.409 e. The minimum absolute atomic E-state index is 0.0364. The molecule has 148 valence electrons. The quantitative estimate of drug-likeness (QED) is 0.818. The van der Waals surface area contributed by atoms with E-state index in [1.807, 2.05) is 0 Å². The summed E-state index contributed by atoms with van der Waals surface area (Å²) in [5.74, 6) is 0. The summed E-state index contributed by atoms with van der Waals surface area (Å²) in [6, 6.07) is 8.60. The number of carbonyl (C=O) groups is 2. The second-order valence-electron chi connectivity index (χ2n) is 7.18. The lowest BCUT2D eigenvalue weighted by Gasteiger charge is -2.28. The summed E-state index contributed by atoms with van der Waals surface area (Å²) in [6.07, 6.45) is 2.50. The van der Waals surface area contributed by atoms with Gasteiger partial charge in [-0.2, -0.15) is 0 Å². The van der Waals surface area contributed by atoms with Crippen LogP contribution in [0.2, 0.25) is 0 Å². The van der Waals surface area contributed by atoms with Crippen LogP contribution in [-0.2, 0) is 17.7 Å². The van der Waals surface area contributed by atoms with Gasteiger partial charge in [0.15, 0.2) is 0 Å². The molecule has 0 unspecified atom stereocenters. The molecule has 2 aliphatic heterocycles. The Hall–Kier alpha value is -2.28. The number of urea groups is 1. The molecule has 1 N–H and O–H groups in total. The van der Waals surface area contributed by atoms with Crippen LogP contribution >= 0.6 is 0 Å². The van der Waals surface area contributed by atoms with E-state index < -0.39 is 0 Å². The first kappa shape index (κ1) is 19.5. The van der Waals surface area contributed by atoms with Crippen molar-refractivity contribution in [3.05, 3.63) is 35.4 Å². The summed E-state index contributed by atoms with van der Waals surface area (Å²) in [6.45, 7) is 6.12. The average molecular weight is 374 g/mol. The van der Waals surface area contributed by atoms with E-state index in [1.165, 1.54) is 18.2 Å². The molecule has 1 saturated heterocycles. The Morgan fingerprint density at radius 3 is 2.59 bits per heavy atom. The molecule has 3 amide bonds. The molecule has 27 heavy (non-hydrogen) atoms. The van der Waals surface area contributed by atoms with Crippen LogP contribution in [0, 0.1) is 0 Å². The molecule has 7 nitrogen and oxygen atoms in total. The lowest BCUT2D eigenvalue weighted by molar-refractivity contribution is 0.125. The Kier molecular flexibility index (Phi) is 6.92. The first-order chi connectivity index (χ1) is 13.2. The minimum atomic E-state index is -0.319. The number of ether oxygens (including phenoxy) is 1. The van der Waals surface area contributed by atoms with Gasteiger partial charge in [-0.3, -0.25) is 4.90 Å². The predicted molar refractivity (Wildman–Crippen MR) is 104 cm³/mol. The second-order valence-corrected chi connectivity index (χ2v) is 7.18. The molecule has 1 fully saturated rings. The van der Waals surface area contributed by atoms with E-state index >= 15 is 0 Å². The number of fused-ring (bicyclic) bond motifs is 1. The first-order valence-corrected chi connectivity index (χ1v) is 9.82. The van der Waals surface area contributed by atoms with Gasteiger partial charge in [0.1, 0.15) is 0 Å². The van der Waals surface area contributed by atoms with Gasteiger partial charge in [-0.15, -0.1) is 0 Å². The van der Waals surface area contributed by atoms with Gasteiger partial charge in [0.25, 0.3) is 0 Å². The molecular formula is C20H30N4O3. The number of carbonyl (C=O) groups excluding carboxylic acids is 2. The fourth-order valence-corrected chi connectivity index (χ4v) is 3.79. The van der Waals surface area contributed by atoms with Crippen LogP contribution in [-0.4, -0.2) is 79.7 Å². The zero-order valence-corrected chi connectivity index (χ0v) is 16.2. The maximum absolute atomic E-state index is 12.4. The van der Waals surface area contributed by atoms with Crippen molar-refractivity contribution in [3.63, 3.8) is 0 Å². The van der Waals surface area contributed by atoms with Gasteiger partial charge in [-0.1, -0.05) is 24.3 Å². The summed E-state index contributed by atoms with van der Waals surface area (Å²) in [5.41, 5.74) is 2.89. The third-order valence-electron chi connectivity index (χ3n) is 5.35. The zero-order chi connectivity index (χ0) is 19.1. The molecule has 1 aromatic rings. The fraction of sp³-hybridized carbons (Fsp3) is 0.600. The maximum atomic E-state index is 12.4. The molecule has 0 bridgehead atoms. The summed E-state index contributed by atoms with van der Waals surface area (Å²) in [7, 11) is 1.39. The van der Waals surface area contributed by atoms with Crippen LogP contribution in [0.5, 0.6) is 0 Å². The van der Waals surface area contributed by atoms with Crippen LogP contribution in [0.1, 0.15) is 24.0 Å². The topological polar surface area (TPSA) is 65.1 Å². The molecule has 0 aromatic heterocycles. The van der Waals surface area contributed by atoms with Crippen molar-refractivity contribution in [2.75, 3.05) is 52.9 Å². The van der Waals surface area contributed by atoms with Crippen LogP contribution < -0.4 is 5.32 Å². The van der Waals surface area contributed by atoms with E-state index in [0.29, 0.717) is 32.7 Å². The van der Waals surface area contributed by atoms with Crippen molar-refractivity contribution in [3.8, 4) is 0 Å². The highest BCUT2D eigenvalue weighted by molar-refractivity contribution is 5.74. The number of nitrogens with zero attached hydrogens (tertiary/aromatic N) is 3. The lowest BCUT2D eigenvalue weighted by atomic mass is 10.00. The molecule has 2 aliphatic rings. The number of amides is 3. The number of hydrogen-bond donors (Lipinski definition) is 1. The summed E-state index contributed by atoms with van der Waals surface area (Å²) in [4.78, 5) is 29.9. The monoisotopic (exact) mass is 374 g/mol. The van der Waals surface area contributed by atoms with E-state index in [9.17, 15) is 9.59 Å². The number of methoxy groups -OCH3 is 1. The highest BCUT2D eigenvalue weighted by atomic mass is 16.5. The van der Waals surface area contributed by atoms with Crippen molar-refractivity contribution in [1.82, 2.24) is 20.0 Å². The molecular weight excluding hydrogens is 344 g/mol. The third-order valence-corrected chi connectivity index (χ3v) is 5.35. The first-order valence-electron chi connectivity index (χ1n) is 9.82. The lowest BCUT2D eigenvalue weighted by Crippen LogP contribution is -2.43. The van der Waals surface area contributed by atoms with Crippen LogP contribution in [0.15, 0.2) is 24.3 Å². The van der Waals surface area contributed by atoms with Gasteiger partial charge in [0, 0.05) is 52.4 Å². The molecule has 0 saturated carbocycles. The van der Waals surface area contributed by atoms with Crippen molar-refractivity contribution >= 4 is 12.1 Å². The highest BCUT2D eigenvalue weighted by Gasteiger charge is 2.22. The smallest absolute Gasteiger partial charge is 0.409 e. The Bertz CT molecular complexity index is 652. The van der Waals surface area contributed by atoms with E-state index in [-0.39, 0.29) is 12.1 Å². The van der Waals surface area contributed by atoms with Gasteiger partial charge in [0.2, 0.25) is 0 Å². The number of hydrogen-bond acceptors (Lipinski definition) is 4. The van der Waals surface area contributed by atoms with Gasteiger partial charge >= 0.3 is 12.1 Å². The second kappa shape index (κ2) is 9.60. The van der Waals surface area contributed by atoms with Gasteiger partial charge in [-0.05, 0) is 30.4 Å². The van der Waals surface area contributed by atoms with E-state index in [4.69, 9.17) is 4.74 Å². The Labute approximate surface area is 161 Å². The summed E-state index contributed by atoms with van der Waals surface area (Å²) < 4.78 is 4.76. The zero-order valence-electron chi connectivity index (χ0n) is 16.2. The molecule has 0 spiro atoms. The Morgan fingerprint density at radius 2 is 1.78 bits per heavy atom. The number of nitrogens with one attached hydrogen (secondary N) is 1. The van der Waals surface area contributed by atoms with Crippen LogP contribution in [0.25, 0.3) is 0 Å². The Balaban J connectivity index is 1.35. The van der Waals surface area contributed by atoms with E-state index in [1.54, 1.807) is 9.80 Å². The predicted octanol–water partition coefficient (Wildman–Crippen LogP) is 1.92. The minimum Gasteiger partial charge on any atom is -0.453 e. The van der Waals surface area contributed by atoms with Crippen LogP contribution in [0.3, 0.4) is 0 Å². The molecule has 3 rings (SSSR count). The molecule has 0 aliphatic carbocycles. The number of benzene rings is 1. The average Bonchev–Trinajstić information content (AvgIpc) is 2.96. The van der Waals surface area contributed by atoms with Crippen molar-refractivity contribution in [1.29, 1.82) is 0 Å². The highest BCUT2D eigenvalue weighted by Crippen LogP contribution is 2.18. The summed E-state index contributed by atoms with van der Waals surface area (Å²) in [5, 5.41) is 3.02. The molecule has 0 atom stereocenters. The molecule has 7 heteroatoms. The fourth-order valence-electron chi connectivity index (χ4n) is 3.79.